The molecule has 3 rings (SSSR count). The highest BCUT2D eigenvalue weighted by molar-refractivity contribution is 6.99. The third-order valence-corrected chi connectivity index (χ3v) is 10.5. The van der Waals surface area contributed by atoms with E-state index in [-0.39, 0.29) is 11.1 Å². The molecule has 2 aromatic rings. The van der Waals surface area contributed by atoms with Gasteiger partial charge >= 0.3 is 6.09 Å². The number of hydrogen-bond acceptors (Lipinski definition) is 3. The van der Waals surface area contributed by atoms with Crippen LogP contribution in [0.25, 0.3) is 0 Å². The second kappa shape index (κ2) is 8.47. The predicted molar refractivity (Wildman–Crippen MR) is 115 cm³/mol. The van der Waals surface area contributed by atoms with E-state index in [0.29, 0.717) is 26.2 Å². The van der Waals surface area contributed by atoms with Gasteiger partial charge in [0.2, 0.25) is 0 Å². The first-order valence-corrected chi connectivity index (χ1v) is 11.7. The number of rotatable bonds is 5. The van der Waals surface area contributed by atoms with Crippen molar-refractivity contribution in [2.75, 3.05) is 26.2 Å². The number of benzene rings is 2. The van der Waals surface area contributed by atoms with Gasteiger partial charge in [-0.05, 0) is 15.4 Å². The highest BCUT2D eigenvalue weighted by Crippen LogP contribution is 2.37. The molecular weight excluding hydrogens is 368 g/mol. The van der Waals surface area contributed by atoms with Crippen LogP contribution in [0.15, 0.2) is 60.7 Å². The van der Waals surface area contributed by atoms with Gasteiger partial charge in [-0.25, -0.2) is 4.79 Å². The maximum Gasteiger partial charge on any atom is 0.407 e. The van der Waals surface area contributed by atoms with Crippen molar-refractivity contribution in [2.45, 2.75) is 31.9 Å². The first kappa shape index (κ1) is 20.6. The maximum atomic E-state index is 11.7. The van der Waals surface area contributed by atoms with Crippen LogP contribution in [0.1, 0.15) is 20.8 Å². The lowest BCUT2D eigenvalue weighted by Crippen LogP contribution is -2.68. The number of nitrogens with zero attached hydrogens (tertiary/aromatic N) is 1. The molecule has 1 amide bonds. The third-order valence-electron chi connectivity index (χ3n) is 5.50. The summed E-state index contributed by atoms with van der Waals surface area (Å²) in [4.78, 5) is 13.2. The highest BCUT2D eigenvalue weighted by Gasteiger charge is 2.50. The van der Waals surface area contributed by atoms with Gasteiger partial charge in [-0.2, -0.15) is 0 Å². The van der Waals surface area contributed by atoms with E-state index in [1.807, 2.05) is 12.1 Å². The predicted octanol–water partition coefficient (Wildman–Crippen LogP) is 2.51. The van der Waals surface area contributed by atoms with Crippen molar-refractivity contribution in [2.24, 2.45) is 0 Å². The molecule has 0 spiro atoms. The van der Waals surface area contributed by atoms with E-state index in [9.17, 15) is 9.90 Å². The lowest BCUT2D eigenvalue weighted by atomic mass is 10.2. The molecule has 6 heteroatoms. The molecule has 5 nitrogen and oxygen atoms in total. The van der Waals surface area contributed by atoms with Gasteiger partial charge in [0, 0.05) is 19.6 Å². The van der Waals surface area contributed by atoms with Crippen molar-refractivity contribution in [3.8, 4) is 0 Å². The summed E-state index contributed by atoms with van der Waals surface area (Å²) in [6.45, 7) is 8.86. The molecule has 2 aromatic carbocycles. The van der Waals surface area contributed by atoms with Crippen LogP contribution >= 0.6 is 0 Å². The molecule has 0 radical (unpaired) electrons. The van der Waals surface area contributed by atoms with E-state index in [4.69, 9.17) is 4.43 Å². The van der Waals surface area contributed by atoms with Crippen LogP contribution in [0.5, 0.6) is 0 Å². The number of carboxylic acid groups (broad SMARTS) is 1. The second-order valence-electron chi connectivity index (χ2n) is 8.31. The molecular formula is C22H30N2O3Si. The first-order valence-electron chi connectivity index (χ1n) is 9.81. The van der Waals surface area contributed by atoms with Gasteiger partial charge in [0.05, 0.1) is 12.6 Å². The molecule has 1 fully saturated rings. The summed E-state index contributed by atoms with van der Waals surface area (Å²) in [5.74, 6) is 0. The number of hydrogen-bond donors (Lipinski definition) is 2. The molecule has 0 saturated carbocycles. The third kappa shape index (κ3) is 3.99. The quantitative estimate of drug-likeness (QED) is 0.760. The molecule has 1 heterocycles. The smallest absolute Gasteiger partial charge is 0.407 e. The average Bonchev–Trinajstić information content (AvgIpc) is 2.69. The monoisotopic (exact) mass is 398 g/mol. The molecule has 1 saturated heterocycles. The Morgan fingerprint density at radius 3 is 2.11 bits per heavy atom. The molecule has 1 aliphatic rings. The van der Waals surface area contributed by atoms with Crippen LogP contribution in [0.3, 0.4) is 0 Å². The Balaban J connectivity index is 2.02. The molecule has 1 aliphatic heterocycles. The maximum absolute atomic E-state index is 11.7. The van der Waals surface area contributed by atoms with Crippen molar-refractivity contribution < 1.29 is 14.3 Å². The Kier molecular flexibility index (Phi) is 6.22. The molecule has 2 N–H and O–H groups in total. The second-order valence-corrected chi connectivity index (χ2v) is 12.6. The fourth-order valence-corrected chi connectivity index (χ4v) is 8.74. The van der Waals surface area contributed by atoms with Crippen LogP contribution < -0.4 is 15.7 Å². The molecule has 150 valence electrons. The van der Waals surface area contributed by atoms with Crippen LogP contribution in [0.4, 0.5) is 4.79 Å². The van der Waals surface area contributed by atoms with E-state index in [2.05, 4.69) is 74.6 Å². The summed E-state index contributed by atoms with van der Waals surface area (Å²) in [5, 5.41) is 15.2. The van der Waals surface area contributed by atoms with E-state index in [1.54, 1.807) is 0 Å². The van der Waals surface area contributed by atoms with Crippen molar-refractivity contribution in [3.63, 3.8) is 0 Å². The number of amides is 1. The SMILES string of the molecule is CC(C)(C)[Si](OCC1CNCCN1C(=O)O)(c1ccccc1)c1ccccc1. The van der Waals surface area contributed by atoms with Crippen LogP contribution in [-0.4, -0.2) is 56.7 Å². The number of nitrogens with one attached hydrogen (secondary N) is 1. The topological polar surface area (TPSA) is 61.8 Å². The van der Waals surface area contributed by atoms with Gasteiger partial charge in [-0.15, -0.1) is 0 Å². The molecule has 0 aromatic heterocycles. The minimum Gasteiger partial charge on any atom is -0.465 e. The zero-order chi connectivity index (χ0) is 20.2. The Bertz CT molecular complexity index is 738. The summed E-state index contributed by atoms with van der Waals surface area (Å²) < 4.78 is 6.88. The van der Waals surface area contributed by atoms with E-state index >= 15 is 0 Å². The van der Waals surface area contributed by atoms with Crippen LogP contribution in [0, 0.1) is 0 Å². The lowest BCUT2D eigenvalue weighted by Gasteiger charge is -2.45. The van der Waals surface area contributed by atoms with Gasteiger partial charge in [0.25, 0.3) is 8.32 Å². The summed E-state index contributed by atoms with van der Waals surface area (Å²) in [5.41, 5.74) is 0. The summed E-state index contributed by atoms with van der Waals surface area (Å²) in [6, 6.07) is 20.7. The Hall–Kier alpha value is -2.15. The summed E-state index contributed by atoms with van der Waals surface area (Å²) in [6.07, 6.45) is -0.877. The van der Waals surface area contributed by atoms with E-state index in [0.717, 1.165) is 0 Å². The zero-order valence-electron chi connectivity index (χ0n) is 16.9. The largest absolute Gasteiger partial charge is 0.465 e. The van der Waals surface area contributed by atoms with Crippen molar-refractivity contribution >= 4 is 24.8 Å². The highest BCUT2D eigenvalue weighted by atomic mass is 28.4. The fourth-order valence-electron chi connectivity index (χ4n) is 4.14. The average molecular weight is 399 g/mol. The lowest BCUT2D eigenvalue weighted by molar-refractivity contribution is 0.0881. The zero-order valence-corrected chi connectivity index (χ0v) is 17.9. The van der Waals surface area contributed by atoms with Gasteiger partial charge in [0.1, 0.15) is 0 Å². The van der Waals surface area contributed by atoms with Crippen molar-refractivity contribution in [1.29, 1.82) is 0 Å². The number of piperazine rings is 1. The fraction of sp³-hybridized carbons (Fsp3) is 0.409. The van der Waals surface area contributed by atoms with Crippen LogP contribution in [-0.2, 0) is 4.43 Å². The van der Waals surface area contributed by atoms with Gasteiger partial charge in [-0.1, -0.05) is 81.4 Å². The Morgan fingerprint density at radius 2 is 1.64 bits per heavy atom. The minimum atomic E-state index is -2.65. The summed E-state index contributed by atoms with van der Waals surface area (Å²) >= 11 is 0. The molecule has 0 bridgehead atoms. The van der Waals surface area contributed by atoms with E-state index < -0.39 is 14.4 Å². The van der Waals surface area contributed by atoms with Gasteiger partial charge in [0.15, 0.2) is 0 Å². The molecule has 0 aliphatic carbocycles. The Labute approximate surface area is 168 Å². The molecule has 1 unspecified atom stereocenters. The van der Waals surface area contributed by atoms with Crippen LogP contribution in [0.2, 0.25) is 5.04 Å². The van der Waals surface area contributed by atoms with E-state index in [1.165, 1.54) is 15.3 Å². The number of carbonyl (C=O) groups is 1. The molecule has 1 atom stereocenters. The van der Waals surface area contributed by atoms with Crippen molar-refractivity contribution in [1.82, 2.24) is 10.2 Å². The minimum absolute atomic E-state index is 0.119. The standard InChI is InChI=1S/C22H30N2O3Si/c1-22(2,3)28(19-10-6-4-7-11-19,20-12-8-5-9-13-20)27-17-18-16-23-14-15-24(18)21(25)26/h4-13,18,23H,14-17H2,1-3H3,(H,25,26). The Morgan fingerprint density at radius 1 is 1.11 bits per heavy atom. The summed E-state index contributed by atoms with van der Waals surface area (Å²) in [7, 11) is -2.65. The van der Waals surface area contributed by atoms with Gasteiger partial charge < -0.3 is 19.7 Å². The first-order chi connectivity index (χ1) is 13.4. The van der Waals surface area contributed by atoms with Gasteiger partial charge in [-0.3, -0.25) is 0 Å². The molecule has 28 heavy (non-hydrogen) atoms. The normalized spacial score (nSPS) is 18.1. The van der Waals surface area contributed by atoms with Crippen molar-refractivity contribution in [3.05, 3.63) is 60.7 Å².